The monoisotopic (exact) mass is 410 g/mol. The molecule has 0 aliphatic carbocycles. The minimum atomic E-state index is -0.402. The molecule has 146 valence electrons. The number of aromatic amines is 2. The molecule has 0 saturated heterocycles. The van der Waals surface area contributed by atoms with E-state index in [0.717, 1.165) is 5.56 Å². The molecule has 0 atom stereocenters. The quantitative estimate of drug-likeness (QED) is 0.378. The molecule has 0 unspecified atom stereocenters. The molecule has 0 fully saturated rings. The Bertz CT molecular complexity index is 1140. The average molecular weight is 411 g/mol. The van der Waals surface area contributed by atoms with E-state index >= 15 is 0 Å². The molecule has 4 aromatic rings. The summed E-state index contributed by atoms with van der Waals surface area (Å²) in [5, 5.41) is 29.9. The number of rotatable bonds is 6. The molecule has 1 amide bonds. The third-order valence-electron chi connectivity index (χ3n) is 4.16. The zero-order valence-electron chi connectivity index (χ0n) is 14.9. The van der Waals surface area contributed by atoms with Crippen LogP contribution >= 0.6 is 11.6 Å². The van der Waals surface area contributed by atoms with E-state index < -0.39 is 5.91 Å². The third kappa shape index (κ3) is 3.98. The zero-order chi connectivity index (χ0) is 20.2. The second-order valence-corrected chi connectivity index (χ2v) is 6.44. The fourth-order valence-electron chi connectivity index (χ4n) is 2.65. The van der Waals surface area contributed by atoms with Gasteiger partial charge in [0.2, 0.25) is 11.6 Å². The van der Waals surface area contributed by atoms with E-state index in [4.69, 9.17) is 11.6 Å². The minimum Gasteiger partial charge on any atom is -0.392 e. The van der Waals surface area contributed by atoms with Gasteiger partial charge in [0.05, 0.1) is 6.61 Å². The highest BCUT2D eigenvalue weighted by Crippen LogP contribution is 2.29. The first-order valence-electron chi connectivity index (χ1n) is 8.56. The fraction of sp³-hybridized carbons (Fsp3) is 0.111. The topological polar surface area (TPSA) is 145 Å². The van der Waals surface area contributed by atoms with Crippen molar-refractivity contribution in [2.45, 2.75) is 13.2 Å². The first-order chi connectivity index (χ1) is 14.2. The largest absolute Gasteiger partial charge is 0.392 e. The number of carbonyl (C=O) groups is 1. The van der Waals surface area contributed by atoms with E-state index in [1.807, 2.05) is 0 Å². The summed E-state index contributed by atoms with van der Waals surface area (Å²) in [6, 6.07) is 8.74. The molecule has 0 radical (unpaired) electrons. The molecule has 10 nitrogen and oxygen atoms in total. The van der Waals surface area contributed by atoms with Crippen LogP contribution in [0, 0.1) is 0 Å². The summed E-state index contributed by atoms with van der Waals surface area (Å²) in [4.78, 5) is 20.5. The molecule has 1 aromatic carbocycles. The van der Waals surface area contributed by atoms with E-state index in [1.54, 1.807) is 42.7 Å². The van der Waals surface area contributed by atoms with Crippen LogP contribution in [0.15, 0.2) is 42.7 Å². The van der Waals surface area contributed by atoms with Crippen molar-refractivity contribution in [3.8, 4) is 22.8 Å². The van der Waals surface area contributed by atoms with Crippen molar-refractivity contribution in [3.63, 3.8) is 0 Å². The molecule has 29 heavy (non-hydrogen) atoms. The van der Waals surface area contributed by atoms with Crippen molar-refractivity contribution in [1.29, 1.82) is 0 Å². The van der Waals surface area contributed by atoms with Crippen molar-refractivity contribution >= 4 is 17.5 Å². The molecule has 0 spiro atoms. The van der Waals surface area contributed by atoms with Gasteiger partial charge in [-0.2, -0.15) is 20.5 Å². The van der Waals surface area contributed by atoms with Crippen molar-refractivity contribution < 1.29 is 9.90 Å². The summed E-state index contributed by atoms with van der Waals surface area (Å²) in [5.41, 5.74) is 3.02. The molecule has 0 bridgehead atoms. The molecule has 4 N–H and O–H groups in total. The van der Waals surface area contributed by atoms with Crippen LogP contribution in [-0.2, 0) is 13.2 Å². The van der Waals surface area contributed by atoms with Crippen molar-refractivity contribution in [2.24, 2.45) is 0 Å². The Hall–Kier alpha value is -3.63. The lowest BCUT2D eigenvalue weighted by atomic mass is 10.1. The Morgan fingerprint density at radius 2 is 1.90 bits per heavy atom. The highest BCUT2D eigenvalue weighted by atomic mass is 35.5. The molecular formula is C18H15ClN8O2. The highest BCUT2D eigenvalue weighted by molar-refractivity contribution is 6.31. The van der Waals surface area contributed by atoms with Crippen LogP contribution in [0.25, 0.3) is 22.8 Å². The van der Waals surface area contributed by atoms with Crippen LogP contribution in [0.1, 0.15) is 21.7 Å². The summed E-state index contributed by atoms with van der Waals surface area (Å²) in [5.74, 6) is -0.136. The number of halogens is 1. The maximum absolute atomic E-state index is 12.3. The molecular weight excluding hydrogens is 396 g/mol. The lowest BCUT2D eigenvalue weighted by Crippen LogP contribution is -2.24. The molecule has 3 heterocycles. The number of hydrogen-bond acceptors (Lipinski definition) is 7. The molecule has 11 heteroatoms. The number of amides is 1. The fourth-order valence-corrected chi connectivity index (χ4v) is 2.89. The number of aliphatic hydroxyl groups is 1. The summed E-state index contributed by atoms with van der Waals surface area (Å²) < 4.78 is 0. The highest BCUT2D eigenvalue weighted by Gasteiger charge is 2.20. The average Bonchev–Trinajstić information content (AvgIpc) is 3.42. The van der Waals surface area contributed by atoms with E-state index in [2.05, 4.69) is 40.9 Å². The number of aromatic nitrogens is 7. The van der Waals surface area contributed by atoms with Gasteiger partial charge in [0.25, 0.3) is 5.91 Å². The summed E-state index contributed by atoms with van der Waals surface area (Å²) >= 11 is 6.16. The number of nitrogens with zero attached hydrogens (tertiary/aromatic N) is 5. The minimum absolute atomic E-state index is 0.0525. The molecule has 3 aromatic heterocycles. The predicted molar refractivity (Wildman–Crippen MR) is 104 cm³/mol. The van der Waals surface area contributed by atoms with Gasteiger partial charge >= 0.3 is 0 Å². The van der Waals surface area contributed by atoms with Crippen molar-refractivity contribution in [2.75, 3.05) is 0 Å². The van der Waals surface area contributed by atoms with Gasteiger partial charge in [-0.15, -0.1) is 0 Å². The molecule has 0 aliphatic rings. The van der Waals surface area contributed by atoms with Crippen LogP contribution in [0.2, 0.25) is 5.02 Å². The van der Waals surface area contributed by atoms with Crippen LogP contribution in [0.5, 0.6) is 0 Å². The molecule has 0 saturated carbocycles. The first-order valence-corrected chi connectivity index (χ1v) is 8.94. The van der Waals surface area contributed by atoms with Crippen molar-refractivity contribution in [1.82, 2.24) is 40.9 Å². The van der Waals surface area contributed by atoms with Crippen LogP contribution < -0.4 is 5.32 Å². The number of benzene rings is 1. The van der Waals surface area contributed by atoms with E-state index in [1.165, 1.54) is 0 Å². The number of H-pyrrole nitrogens is 2. The number of pyridine rings is 1. The predicted octanol–water partition coefficient (Wildman–Crippen LogP) is 1.73. The van der Waals surface area contributed by atoms with Crippen LogP contribution in [0.4, 0.5) is 0 Å². The van der Waals surface area contributed by atoms with E-state index in [-0.39, 0.29) is 18.3 Å². The molecule has 0 aliphatic heterocycles. The van der Waals surface area contributed by atoms with Gasteiger partial charge in [0, 0.05) is 29.5 Å². The lowest BCUT2D eigenvalue weighted by Gasteiger charge is -2.03. The Kier molecular flexibility index (Phi) is 5.27. The van der Waals surface area contributed by atoms with Gasteiger partial charge in [0.15, 0.2) is 5.69 Å². The van der Waals surface area contributed by atoms with Gasteiger partial charge in [-0.25, -0.2) is 4.98 Å². The second-order valence-electron chi connectivity index (χ2n) is 6.03. The number of nitrogens with one attached hydrogen (secondary N) is 3. The Morgan fingerprint density at radius 1 is 1.10 bits per heavy atom. The van der Waals surface area contributed by atoms with Gasteiger partial charge in [-0.1, -0.05) is 23.7 Å². The summed E-state index contributed by atoms with van der Waals surface area (Å²) in [6.45, 7) is 0.173. The first kappa shape index (κ1) is 18.7. The summed E-state index contributed by atoms with van der Waals surface area (Å²) in [6.07, 6.45) is 3.30. The van der Waals surface area contributed by atoms with Crippen LogP contribution in [-0.4, -0.2) is 46.6 Å². The number of aliphatic hydroxyl groups excluding tert-OH is 1. The number of carbonyl (C=O) groups excluding carboxylic acids is 1. The Balaban J connectivity index is 1.54. The van der Waals surface area contributed by atoms with Gasteiger partial charge in [0.1, 0.15) is 5.69 Å². The maximum Gasteiger partial charge on any atom is 0.288 e. The van der Waals surface area contributed by atoms with Gasteiger partial charge < -0.3 is 10.4 Å². The van der Waals surface area contributed by atoms with Gasteiger partial charge in [-0.3, -0.25) is 14.9 Å². The zero-order valence-corrected chi connectivity index (χ0v) is 15.7. The van der Waals surface area contributed by atoms with E-state index in [0.29, 0.717) is 34.1 Å². The normalized spacial score (nSPS) is 10.8. The second kappa shape index (κ2) is 8.17. The lowest BCUT2D eigenvalue weighted by molar-refractivity contribution is 0.0941. The number of hydrogen-bond donors (Lipinski definition) is 4. The SMILES string of the molecule is O=C(NCc1ccncc1)c1nc(-c2n[nH]nc2-c2ccc(CO)c(Cl)c2)n[nH]1. The standard InChI is InChI=1S/C18H15ClN8O2/c19-13-7-11(1-2-12(13)9-28)14-15(24-27-23-14)16-22-17(26-25-16)18(29)21-8-10-3-5-20-6-4-10/h1-7,28H,8-9H2,(H,21,29)(H,22,25,26)(H,23,24,27). The Labute approximate surface area is 169 Å². The smallest absolute Gasteiger partial charge is 0.288 e. The maximum atomic E-state index is 12.3. The summed E-state index contributed by atoms with van der Waals surface area (Å²) in [7, 11) is 0. The van der Waals surface area contributed by atoms with E-state index in [9.17, 15) is 9.90 Å². The third-order valence-corrected chi connectivity index (χ3v) is 4.51. The van der Waals surface area contributed by atoms with Crippen LogP contribution in [0.3, 0.4) is 0 Å². The van der Waals surface area contributed by atoms with Crippen molar-refractivity contribution in [3.05, 3.63) is 64.7 Å². The van der Waals surface area contributed by atoms with Gasteiger partial charge in [-0.05, 0) is 29.3 Å². The molecule has 4 rings (SSSR count). The Morgan fingerprint density at radius 3 is 2.66 bits per heavy atom.